The van der Waals surface area contributed by atoms with Crippen molar-refractivity contribution in [3.63, 3.8) is 0 Å². The van der Waals surface area contributed by atoms with Crippen LogP contribution in [0, 0.1) is 0 Å². The number of rotatable bonds is 6. The Labute approximate surface area is 122 Å². The van der Waals surface area contributed by atoms with Crippen LogP contribution in [0.4, 0.5) is 0 Å². The Morgan fingerprint density at radius 2 is 1.29 bits per heavy atom. The van der Waals surface area contributed by atoms with E-state index >= 15 is 0 Å². The summed E-state index contributed by atoms with van der Waals surface area (Å²) in [6, 6.07) is 17.7. The van der Waals surface area contributed by atoms with Crippen molar-refractivity contribution >= 4 is 11.9 Å². The molecule has 21 heavy (non-hydrogen) atoms. The zero-order chi connectivity index (χ0) is 15.2. The average Bonchev–Trinajstić information content (AvgIpc) is 2.48. The number of carboxylic acid groups (broad SMARTS) is 2. The summed E-state index contributed by atoms with van der Waals surface area (Å²) in [6.07, 6.45) is -0.226. The number of hydrogen-bond donors (Lipinski definition) is 2. The number of aliphatic carboxylic acids is 2. The van der Waals surface area contributed by atoms with Gasteiger partial charge >= 0.3 is 11.9 Å². The molecule has 2 atom stereocenters. The van der Waals surface area contributed by atoms with Gasteiger partial charge in [0.05, 0.1) is 12.3 Å². The number of benzene rings is 2. The number of hydrogen-bond acceptors (Lipinski definition) is 2. The van der Waals surface area contributed by atoms with E-state index in [4.69, 9.17) is 5.11 Å². The van der Waals surface area contributed by atoms with Crippen molar-refractivity contribution in [3.8, 4) is 0 Å². The van der Waals surface area contributed by atoms with Gasteiger partial charge in [0.1, 0.15) is 0 Å². The highest BCUT2D eigenvalue weighted by Crippen LogP contribution is 2.35. The summed E-state index contributed by atoms with van der Waals surface area (Å²) in [6.45, 7) is 0. The van der Waals surface area contributed by atoms with Crippen LogP contribution >= 0.6 is 0 Å². The Bertz CT molecular complexity index is 607. The van der Waals surface area contributed by atoms with Crippen LogP contribution in [0.5, 0.6) is 0 Å². The van der Waals surface area contributed by atoms with Gasteiger partial charge in [0.15, 0.2) is 0 Å². The van der Waals surface area contributed by atoms with Crippen molar-refractivity contribution in [1.29, 1.82) is 0 Å². The molecular formula is C17H16O4. The van der Waals surface area contributed by atoms with Crippen LogP contribution in [0.25, 0.3) is 0 Å². The lowest BCUT2D eigenvalue weighted by Crippen LogP contribution is -2.22. The molecule has 2 rings (SSSR count). The highest BCUT2D eigenvalue weighted by molar-refractivity contribution is 5.79. The highest BCUT2D eigenvalue weighted by Gasteiger charge is 2.32. The van der Waals surface area contributed by atoms with Gasteiger partial charge in [-0.1, -0.05) is 60.7 Å². The largest absolute Gasteiger partial charge is 0.481 e. The molecule has 2 N–H and O–H groups in total. The second kappa shape index (κ2) is 6.70. The highest BCUT2D eigenvalue weighted by atomic mass is 16.4. The predicted octanol–water partition coefficient (Wildman–Crippen LogP) is 3.11. The molecular weight excluding hydrogens is 268 g/mol. The smallest absolute Gasteiger partial charge is 0.311 e. The molecule has 0 aromatic heterocycles. The molecule has 0 radical (unpaired) electrons. The third-order valence-corrected chi connectivity index (χ3v) is 3.45. The summed E-state index contributed by atoms with van der Waals surface area (Å²) in [5.74, 6) is -3.52. The molecule has 0 saturated carbocycles. The zero-order valence-corrected chi connectivity index (χ0v) is 11.3. The van der Waals surface area contributed by atoms with Crippen molar-refractivity contribution in [1.82, 2.24) is 0 Å². The van der Waals surface area contributed by atoms with Crippen molar-refractivity contribution in [2.75, 3.05) is 0 Å². The molecule has 0 spiro atoms. The summed E-state index contributed by atoms with van der Waals surface area (Å²) in [4.78, 5) is 22.9. The van der Waals surface area contributed by atoms with Gasteiger partial charge in [-0.25, -0.2) is 0 Å². The molecule has 2 aromatic rings. The molecule has 0 amide bonds. The van der Waals surface area contributed by atoms with Gasteiger partial charge in [-0.3, -0.25) is 9.59 Å². The summed E-state index contributed by atoms with van der Waals surface area (Å²) in [5, 5.41) is 18.7. The van der Waals surface area contributed by atoms with Crippen LogP contribution in [-0.2, 0) is 9.59 Å². The van der Waals surface area contributed by atoms with Gasteiger partial charge in [-0.05, 0) is 11.1 Å². The van der Waals surface area contributed by atoms with E-state index in [0.29, 0.717) is 5.56 Å². The first-order chi connectivity index (χ1) is 10.1. The van der Waals surface area contributed by atoms with Crippen LogP contribution in [0.15, 0.2) is 60.7 Å². The minimum absolute atomic E-state index is 0.226. The van der Waals surface area contributed by atoms with Gasteiger partial charge in [-0.15, -0.1) is 0 Å². The fraction of sp³-hybridized carbons (Fsp3) is 0.176. The average molecular weight is 284 g/mol. The van der Waals surface area contributed by atoms with E-state index in [-0.39, 0.29) is 6.42 Å². The number of carboxylic acids is 2. The Kier molecular flexibility index (Phi) is 4.72. The molecule has 0 fully saturated rings. The molecule has 0 unspecified atom stereocenters. The first kappa shape index (κ1) is 14.8. The summed E-state index contributed by atoms with van der Waals surface area (Å²) in [5.41, 5.74) is 1.33. The third-order valence-electron chi connectivity index (χ3n) is 3.45. The van der Waals surface area contributed by atoms with E-state index in [2.05, 4.69) is 0 Å². The van der Waals surface area contributed by atoms with Crippen molar-refractivity contribution in [2.24, 2.45) is 0 Å². The maximum Gasteiger partial charge on any atom is 0.311 e. The normalized spacial score (nSPS) is 13.3. The Morgan fingerprint density at radius 3 is 1.71 bits per heavy atom. The van der Waals surface area contributed by atoms with Gasteiger partial charge in [-0.2, -0.15) is 0 Å². The number of carbonyl (C=O) groups is 2. The minimum Gasteiger partial charge on any atom is -0.481 e. The molecule has 0 aliphatic carbocycles. The van der Waals surface area contributed by atoms with Gasteiger partial charge in [0, 0.05) is 5.92 Å². The topological polar surface area (TPSA) is 74.6 Å². The van der Waals surface area contributed by atoms with E-state index in [0.717, 1.165) is 5.56 Å². The lowest BCUT2D eigenvalue weighted by Gasteiger charge is -2.23. The maximum atomic E-state index is 11.7. The Balaban J connectivity index is 2.46. The first-order valence-corrected chi connectivity index (χ1v) is 6.64. The van der Waals surface area contributed by atoms with E-state index in [1.807, 2.05) is 6.07 Å². The van der Waals surface area contributed by atoms with Crippen molar-refractivity contribution in [2.45, 2.75) is 18.3 Å². The van der Waals surface area contributed by atoms with Crippen LogP contribution < -0.4 is 0 Å². The van der Waals surface area contributed by atoms with E-state index in [1.54, 1.807) is 54.6 Å². The molecule has 108 valence electrons. The second-order valence-electron chi connectivity index (χ2n) is 4.84. The standard InChI is InChI=1S/C17H16O4/c18-15(19)11-14(12-7-3-1-4-8-12)16(17(20)21)13-9-5-2-6-10-13/h1-10,14,16H,11H2,(H,18,19)(H,20,21)/t14-,16-/m1/s1. The van der Waals surface area contributed by atoms with Crippen molar-refractivity contribution in [3.05, 3.63) is 71.8 Å². The Hall–Kier alpha value is -2.62. The maximum absolute atomic E-state index is 11.7. The summed E-state index contributed by atoms with van der Waals surface area (Å²) in [7, 11) is 0. The quantitative estimate of drug-likeness (QED) is 0.854. The first-order valence-electron chi connectivity index (χ1n) is 6.64. The van der Waals surface area contributed by atoms with E-state index < -0.39 is 23.8 Å². The Morgan fingerprint density at radius 1 is 0.810 bits per heavy atom. The SMILES string of the molecule is O=C(O)C[C@H](c1ccccc1)[C@H](C(=O)O)c1ccccc1. The monoisotopic (exact) mass is 284 g/mol. The molecule has 0 heterocycles. The summed E-state index contributed by atoms with van der Waals surface area (Å²) < 4.78 is 0. The van der Waals surface area contributed by atoms with Gasteiger partial charge < -0.3 is 10.2 Å². The summed E-state index contributed by atoms with van der Waals surface area (Å²) >= 11 is 0. The fourth-order valence-electron chi connectivity index (χ4n) is 2.52. The molecule has 4 nitrogen and oxygen atoms in total. The van der Waals surface area contributed by atoms with Gasteiger partial charge in [0.25, 0.3) is 0 Å². The molecule has 0 aliphatic heterocycles. The van der Waals surface area contributed by atoms with Crippen LogP contribution in [0.1, 0.15) is 29.4 Å². The van der Waals surface area contributed by atoms with E-state index in [9.17, 15) is 14.7 Å². The van der Waals surface area contributed by atoms with Crippen molar-refractivity contribution < 1.29 is 19.8 Å². The second-order valence-corrected chi connectivity index (χ2v) is 4.84. The fourth-order valence-corrected chi connectivity index (χ4v) is 2.52. The molecule has 0 aliphatic rings. The van der Waals surface area contributed by atoms with E-state index in [1.165, 1.54) is 0 Å². The minimum atomic E-state index is -1.02. The van der Waals surface area contributed by atoms with Gasteiger partial charge in [0.2, 0.25) is 0 Å². The van der Waals surface area contributed by atoms with Crippen LogP contribution in [-0.4, -0.2) is 22.2 Å². The molecule has 0 saturated heterocycles. The third kappa shape index (κ3) is 3.69. The van der Waals surface area contributed by atoms with Crippen LogP contribution in [0.2, 0.25) is 0 Å². The molecule has 0 bridgehead atoms. The lowest BCUT2D eigenvalue weighted by atomic mass is 9.79. The lowest BCUT2D eigenvalue weighted by molar-refractivity contribution is -0.140. The zero-order valence-electron chi connectivity index (χ0n) is 11.3. The molecule has 4 heteroatoms. The predicted molar refractivity (Wildman–Crippen MR) is 78.3 cm³/mol. The van der Waals surface area contributed by atoms with Crippen LogP contribution in [0.3, 0.4) is 0 Å². The molecule has 2 aromatic carbocycles.